The van der Waals surface area contributed by atoms with Crippen LogP contribution in [0.5, 0.6) is 0 Å². The minimum Gasteiger partial charge on any atom is -0.339 e. The van der Waals surface area contributed by atoms with E-state index in [1.165, 1.54) is 0 Å². The van der Waals surface area contributed by atoms with E-state index < -0.39 is 0 Å². The van der Waals surface area contributed by atoms with Crippen LogP contribution in [0.2, 0.25) is 0 Å². The van der Waals surface area contributed by atoms with Crippen molar-refractivity contribution >= 4 is 11.8 Å². The Hall–Kier alpha value is -0.550. The summed E-state index contributed by atoms with van der Waals surface area (Å²) >= 11 is 1.73. The summed E-state index contributed by atoms with van der Waals surface area (Å²) in [6.45, 7) is 6.12. The molecule has 0 aliphatic rings. The lowest BCUT2D eigenvalue weighted by atomic mass is 10.1. The number of hydrogen-bond acceptors (Lipinski definition) is 5. The molecule has 2 N–H and O–H groups in total. The maximum absolute atomic E-state index is 5.87. The molecule has 0 unspecified atom stereocenters. The Labute approximate surface area is 95.0 Å². The van der Waals surface area contributed by atoms with Crippen molar-refractivity contribution in [2.24, 2.45) is 5.73 Å². The van der Waals surface area contributed by atoms with Crippen LogP contribution >= 0.6 is 11.8 Å². The van der Waals surface area contributed by atoms with Crippen molar-refractivity contribution in [3.05, 3.63) is 11.7 Å². The number of thioether (sulfide) groups is 1. The van der Waals surface area contributed by atoms with Crippen LogP contribution in [0.15, 0.2) is 4.52 Å². The Kier molecular flexibility index (Phi) is 4.60. The van der Waals surface area contributed by atoms with E-state index in [-0.39, 0.29) is 5.54 Å². The molecule has 0 amide bonds. The van der Waals surface area contributed by atoms with E-state index in [1.807, 2.05) is 13.8 Å². The van der Waals surface area contributed by atoms with Gasteiger partial charge in [-0.1, -0.05) is 12.1 Å². The highest BCUT2D eigenvalue weighted by Gasteiger charge is 2.12. The van der Waals surface area contributed by atoms with Gasteiger partial charge in [-0.2, -0.15) is 16.7 Å². The summed E-state index contributed by atoms with van der Waals surface area (Å²) in [4.78, 5) is 4.28. The van der Waals surface area contributed by atoms with E-state index in [0.717, 1.165) is 36.1 Å². The first kappa shape index (κ1) is 12.5. The number of nitrogens with two attached hydrogens (primary N) is 1. The van der Waals surface area contributed by atoms with E-state index in [1.54, 1.807) is 11.8 Å². The van der Waals surface area contributed by atoms with Gasteiger partial charge in [-0.25, -0.2) is 0 Å². The van der Waals surface area contributed by atoms with Gasteiger partial charge in [0.1, 0.15) is 0 Å². The molecule has 0 saturated carbocycles. The smallest absolute Gasteiger partial charge is 0.226 e. The Morgan fingerprint density at radius 1 is 1.47 bits per heavy atom. The van der Waals surface area contributed by atoms with Crippen LogP contribution in [-0.2, 0) is 12.2 Å². The summed E-state index contributed by atoms with van der Waals surface area (Å²) in [6, 6.07) is 0. The molecule has 1 aromatic heterocycles. The molecule has 4 nitrogen and oxygen atoms in total. The fourth-order valence-electron chi connectivity index (χ4n) is 1.07. The van der Waals surface area contributed by atoms with E-state index >= 15 is 0 Å². The summed E-state index contributed by atoms with van der Waals surface area (Å²) in [5.74, 6) is 3.17. The van der Waals surface area contributed by atoms with E-state index in [0.29, 0.717) is 0 Å². The van der Waals surface area contributed by atoms with Crippen LogP contribution in [0.1, 0.15) is 38.9 Å². The summed E-state index contributed by atoms with van der Waals surface area (Å²) < 4.78 is 5.08. The van der Waals surface area contributed by atoms with Gasteiger partial charge in [0.2, 0.25) is 5.89 Å². The molecular formula is C10H19N3OS. The molecule has 0 atom stereocenters. The van der Waals surface area contributed by atoms with Crippen LogP contribution in [-0.4, -0.2) is 21.4 Å². The van der Waals surface area contributed by atoms with Crippen molar-refractivity contribution in [3.8, 4) is 0 Å². The highest BCUT2D eigenvalue weighted by atomic mass is 32.2. The number of aryl methyl sites for hydroxylation is 1. The van der Waals surface area contributed by atoms with Crippen LogP contribution < -0.4 is 5.73 Å². The number of rotatable bonds is 6. The summed E-state index contributed by atoms with van der Waals surface area (Å²) in [6.07, 6.45) is 1.89. The topological polar surface area (TPSA) is 64.9 Å². The number of aromatic nitrogens is 2. The molecule has 0 aliphatic carbocycles. The third kappa shape index (κ3) is 5.18. The fraction of sp³-hybridized carbons (Fsp3) is 0.800. The van der Waals surface area contributed by atoms with Gasteiger partial charge in [0, 0.05) is 17.7 Å². The van der Waals surface area contributed by atoms with Crippen molar-refractivity contribution in [1.82, 2.24) is 10.1 Å². The van der Waals surface area contributed by atoms with Gasteiger partial charge in [-0.3, -0.25) is 0 Å². The molecule has 0 radical (unpaired) electrons. The Bertz CT molecular complexity index is 293. The monoisotopic (exact) mass is 229 g/mol. The third-order valence-corrected chi connectivity index (χ3v) is 3.09. The minimum atomic E-state index is -0.138. The lowest BCUT2D eigenvalue weighted by Crippen LogP contribution is -2.34. The van der Waals surface area contributed by atoms with Crippen LogP contribution in [0, 0.1) is 0 Å². The molecule has 0 saturated heterocycles. The standard InChI is InChI=1S/C10H19N3OS/c1-4-5-9-12-8(13-14-9)6-15-7-10(2,3)11/h4-7,11H2,1-3H3. The molecule has 1 heterocycles. The lowest BCUT2D eigenvalue weighted by molar-refractivity contribution is 0.373. The zero-order valence-corrected chi connectivity index (χ0v) is 10.4. The van der Waals surface area contributed by atoms with E-state index in [2.05, 4.69) is 17.1 Å². The second-order valence-electron chi connectivity index (χ2n) is 4.34. The van der Waals surface area contributed by atoms with Crippen LogP contribution in [0.3, 0.4) is 0 Å². The summed E-state index contributed by atoms with van der Waals surface area (Å²) in [5.41, 5.74) is 5.73. The highest BCUT2D eigenvalue weighted by Crippen LogP contribution is 2.14. The van der Waals surface area contributed by atoms with Gasteiger partial charge in [-0.05, 0) is 20.3 Å². The van der Waals surface area contributed by atoms with Crippen molar-refractivity contribution < 1.29 is 4.52 Å². The molecule has 0 bridgehead atoms. The van der Waals surface area contributed by atoms with E-state index in [9.17, 15) is 0 Å². The average Bonchev–Trinajstić information content (AvgIpc) is 2.51. The quantitative estimate of drug-likeness (QED) is 0.808. The molecular weight excluding hydrogens is 210 g/mol. The van der Waals surface area contributed by atoms with Crippen molar-refractivity contribution in [3.63, 3.8) is 0 Å². The van der Waals surface area contributed by atoms with Gasteiger partial charge < -0.3 is 10.3 Å². The Morgan fingerprint density at radius 2 is 2.20 bits per heavy atom. The second kappa shape index (κ2) is 5.51. The van der Waals surface area contributed by atoms with E-state index in [4.69, 9.17) is 10.3 Å². The van der Waals surface area contributed by atoms with Gasteiger partial charge in [0.25, 0.3) is 0 Å². The van der Waals surface area contributed by atoms with Crippen molar-refractivity contribution in [1.29, 1.82) is 0 Å². The molecule has 86 valence electrons. The van der Waals surface area contributed by atoms with Crippen LogP contribution in [0.25, 0.3) is 0 Å². The molecule has 0 aromatic carbocycles. The van der Waals surface area contributed by atoms with Gasteiger partial charge in [0.05, 0.1) is 5.75 Å². The van der Waals surface area contributed by atoms with Gasteiger partial charge in [0.15, 0.2) is 5.82 Å². The Morgan fingerprint density at radius 3 is 2.80 bits per heavy atom. The predicted molar refractivity (Wildman–Crippen MR) is 62.7 cm³/mol. The first-order chi connectivity index (χ1) is 7.01. The normalized spacial score (nSPS) is 12.0. The average molecular weight is 229 g/mol. The summed E-state index contributed by atoms with van der Waals surface area (Å²) in [7, 11) is 0. The molecule has 1 rings (SSSR count). The molecule has 15 heavy (non-hydrogen) atoms. The highest BCUT2D eigenvalue weighted by molar-refractivity contribution is 7.98. The minimum absolute atomic E-state index is 0.138. The third-order valence-electron chi connectivity index (χ3n) is 1.68. The predicted octanol–water partition coefficient (Wildman–Crippen LogP) is 1.99. The van der Waals surface area contributed by atoms with Gasteiger partial charge >= 0.3 is 0 Å². The van der Waals surface area contributed by atoms with Gasteiger partial charge in [-0.15, -0.1) is 0 Å². The lowest BCUT2D eigenvalue weighted by Gasteiger charge is -2.16. The second-order valence-corrected chi connectivity index (χ2v) is 5.32. The SMILES string of the molecule is CCCc1nc(CSCC(C)(C)N)no1. The van der Waals surface area contributed by atoms with Crippen molar-refractivity contribution in [2.45, 2.75) is 44.9 Å². The first-order valence-electron chi connectivity index (χ1n) is 5.19. The first-order valence-corrected chi connectivity index (χ1v) is 6.35. The zero-order chi connectivity index (χ0) is 11.3. The molecule has 0 aliphatic heterocycles. The molecule has 1 aromatic rings. The Balaban J connectivity index is 2.31. The van der Waals surface area contributed by atoms with Crippen LogP contribution in [0.4, 0.5) is 0 Å². The molecule has 0 spiro atoms. The number of nitrogens with zero attached hydrogens (tertiary/aromatic N) is 2. The maximum Gasteiger partial charge on any atom is 0.226 e. The fourth-order valence-corrected chi connectivity index (χ4v) is 2.00. The molecule has 0 fully saturated rings. The number of hydrogen-bond donors (Lipinski definition) is 1. The molecule has 5 heteroatoms. The zero-order valence-electron chi connectivity index (χ0n) is 9.62. The maximum atomic E-state index is 5.87. The van der Waals surface area contributed by atoms with Crippen molar-refractivity contribution in [2.75, 3.05) is 5.75 Å². The largest absolute Gasteiger partial charge is 0.339 e. The summed E-state index contributed by atoms with van der Waals surface area (Å²) in [5, 5.41) is 3.91.